The van der Waals surface area contributed by atoms with Gasteiger partial charge < -0.3 is 10.8 Å². The Morgan fingerprint density at radius 1 is 1.42 bits per heavy atom. The SMILES string of the molecule is CCC(N)C(c1cccc(Br)c1)N1CCC(O)CC1. The van der Waals surface area contributed by atoms with Crippen molar-refractivity contribution >= 4 is 15.9 Å². The second-order valence-electron chi connectivity index (χ2n) is 5.34. The van der Waals surface area contributed by atoms with Crippen LogP contribution in [0.15, 0.2) is 28.7 Å². The molecule has 0 amide bonds. The molecule has 106 valence electrons. The molecule has 1 aliphatic heterocycles. The van der Waals surface area contributed by atoms with Gasteiger partial charge in [-0.15, -0.1) is 0 Å². The van der Waals surface area contributed by atoms with Crippen molar-refractivity contribution in [3.05, 3.63) is 34.3 Å². The second-order valence-corrected chi connectivity index (χ2v) is 6.25. The number of benzene rings is 1. The van der Waals surface area contributed by atoms with E-state index in [-0.39, 0.29) is 18.2 Å². The van der Waals surface area contributed by atoms with Gasteiger partial charge in [0.15, 0.2) is 0 Å². The monoisotopic (exact) mass is 326 g/mol. The van der Waals surface area contributed by atoms with Gasteiger partial charge in [0.05, 0.1) is 6.10 Å². The Hall–Kier alpha value is -0.420. The molecule has 19 heavy (non-hydrogen) atoms. The van der Waals surface area contributed by atoms with E-state index in [4.69, 9.17) is 5.73 Å². The van der Waals surface area contributed by atoms with Crippen LogP contribution in [0.5, 0.6) is 0 Å². The average Bonchev–Trinajstić information content (AvgIpc) is 2.41. The highest BCUT2D eigenvalue weighted by molar-refractivity contribution is 9.10. The zero-order valence-corrected chi connectivity index (χ0v) is 13.0. The molecule has 1 heterocycles. The first-order valence-corrected chi connectivity index (χ1v) is 7.84. The minimum Gasteiger partial charge on any atom is -0.393 e. The van der Waals surface area contributed by atoms with Crippen molar-refractivity contribution in [3.8, 4) is 0 Å². The Kier molecular flexibility index (Phi) is 5.39. The summed E-state index contributed by atoms with van der Waals surface area (Å²) in [5.74, 6) is 0. The molecular formula is C15H23BrN2O. The van der Waals surface area contributed by atoms with Crippen LogP contribution in [0, 0.1) is 0 Å². The Morgan fingerprint density at radius 3 is 2.68 bits per heavy atom. The number of nitrogens with zero attached hydrogens (tertiary/aromatic N) is 1. The molecule has 0 saturated carbocycles. The van der Waals surface area contributed by atoms with E-state index in [1.54, 1.807) is 0 Å². The van der Waals surface area contributed by atoms with Crippen molar-refractivity contribution in [2.24, 2.45) is 5.73 Å². The van der Waals surface area contributed by atoms with Gasteiger partial charge >= 0.3 is 0 Å². The van der Waals surface area contributed by atoms with Crippen LogP contribution in [0.4, 0.5) is 0 Å². The van der Waals surface area contributed by atoms with Gasteiger partial charge in [0.25, 0.3) is 0 Å². The third-order valence-corrected chi connectivity index (χ3v) is 4.45. The largest absolute Gasteiger partial charge is 0.393 e. The topological polar surface area (TPSA) is 49.5 Å². The Morgan fingerprint density at radius 2 is 2.11 bits per heavy atom. The van der Waals surface area contributed by atoms with E-state index in [0.29, 0.717) is 0 Å². The van der Waals surface area contributed by atoms with Crippen molar-refractivity contribution in [2.45, 2.75) is 44.4 Å². The molecular weight excluding hydrogens is 304 g/mol. The molecule has 2 rings (SSSR count). The number of hydrogen-bond donors (Lipinski definition) is 2. The zero-order valence-electron chi connectivity index (χ0n) is 11.4. The number of rotatable bonds is 4. The third-order valence-electron chi connectivity index (χ3n) is 3.96. The van der Waals surface area contributed by atoms with Gasteiger partial charge in [0.1, 0.15) is 0 Å². The van der Waals surface area contributed by atoms with Gasteiger partial charge in [-0.2, -0.15) is 0 Å². The maximum Gasteiger partial charge on any atom is 0.0564 e. The quantitative estimate of drug-likeness (QED) is 0.894. The first-order valence-electron chi connectivity index (χ1n) is 7.05. The summed E-state index contributed by atoms with van der Waals surface area (Å²) in [6.45, 7) is 3.98. The molecule has 0 aromatic heterocycles. The maximum atomic E-state index is 9.65. The number of nitrogens with two attached hydrogens (primary N) is 1. The fourth-order valence-electron chi connectivity index (χ4n) is 2.81. The van der Waals surface area contributed by atoms with Crippen LogP contribution in [0.3, 0.4) is 0 Å². The zero-order chi connectivity index (χ0) is 13.8. The summed E-state index contributed by atoms with van der Waals surface area (Å²) in [6.07, 6.45) is 2.51. The van der Waals surface area contributed by atoms with Crippen LogP contribution in [0.1, 0.15) is 37.8 Å². The minimum absolute atomic E-state index is 0.129. The minimum atomic E-state index is -0.141. The summed E-state index contributed by atoms with van der Waals surface area (Å²) < 4.78 is 1.09. The van der Waals surface area contributed by atoms with E-state index in [2.05, 4.69) is 46.0 Å². The lowest BCUT2D eigenvalue weighted by Gasteiger charge is -2.39. The molecule has 1 fully saturated rings. The molecule has 2 atom stereocenters. The van der Waals surface area contributed by atoms with Crippen molar-refractivity contribution in [3.63, 3.8) is 0 Å². The molecule has 3 nitrogen and oxygen atoms in total. The molecule has 3 N–H and O–H groups in total. The first kappa shape index (κ1) is 15.0. The van der Waals surface area contributed by atoms with E-state index in [1.807, 2.05) is 6.07 Å². The summed E-state index contributed by atoms with van der Waals surface area (Å²) in [6, 6.07) is 8.78. The molecule has 0 aliphatic carbocycles. The predicted molar refractivity (Wildman–Crippen MR) is 82.0 cm³/mol. The Labute approximate surface area is 123 Å². The molecule has 0 radical (unpaired) electrons. The number of aliphatic hydroxyl groups excluding tert-OH is 1. The third kappa shape index (κ3) is 3.78. The van der Waals surface area contributed by atoms with Crippen LogP contribution in [0.2, 0.25) is 0 Å². The standard InChI is InChI=1S/C15H23BrN2O/c1-2-14(17)15(11-4-3-5-12(16)10-11)18-8-6-13(19)7-9-18/h3-5,10,13-15,19H,2,6-9,17H2,1H3. The van der Waals surface area contributed by atoms with Gasteiger partial charge in [0, 0.05) is 29.6 Å². The average molecular weight is 327 g/mol. The number of piperidine rings is 1. The van der Waals surface area contributed by atoms with Crippen LogP contribution in [-0.4, -0.2) is 35.2 Å². The Bertz CT molecular complexity index is 405. The molecule has 1 aromatic carbocycles. The van der Waals surface area contributed by atoms with E-state index in [9.17, 15) is 5.11 Å². The highest BCUT2D eigenvalue weighted by Gasteiger charge is 2.28. The molecule has 1 aromatic rings. The van der Waals surface area contributed by atoms with Crippen molar-refractivity contribution < 1.29 is 5.11 Å². The van der Waals surface area contributed by atoms with Crippen molar-refractivity contribution in [1.29, 1.82) is 0 Å². The van der Waals surface area contributed by atoms with Crippen LogP contribution >= 0.6 is 15.9 Å². The normalized spacial score (nSPS) is 21.3. The lowest BCUT2D eigenvalue weighted by molar-refractivity contribution is 0.0529. The molecule has 1 aliphatic rings. The summed E-state index contributed by atoms with van der Waals surface area (Å²) in [4.78, 5) is 2.42. The van der Waals surface area contributed by atoms with E-state index in [0.717, 1.165) is 36.8 Å². The smallest absolute Gasteiger partial charge is 0.0564 e. The van der Waals surface area contributed by atoms with Gasteiger partial charge in [-0.1, -0.05) is 35.0 Å². The molecule has 1 saturated heterocycles. The van der Waals surface area contributed by atoms with Crippen molar-refractivity contribution in [1.82, 2.24) is 4.90 Å². The van der Waals surface area contributed by atoms with Gasteiger partial charge in [-0.05, 0) is 37.0 Å². The van der Waals surface area contributed by atoms with E-state index >= 15 is 0 Å². The highest BCUT2D eigenvalue weighted by atomic mass is 79.9. The summed E-state index contributed by atoms with van der Waals surface area (Å²) in [7, 11) is 0. The fraction of sp³-hybridized carbons (Fsp3) is 0.600. The molecule has 2 unspecified atom stereocenters. The van der Waals surface area contributed by atoms with E-state index < -0.39 is 0 Å². The van der Waals surface area contributed by atoms with Crippen LogP contribution in [0.25, 0.3) is 0 Å². The number of hydrogen-bond acceptors (Lipinski definition) is 3. The molecule has 0 spiro atoms. The first-order chi connectivity index (χ1) is 9.11. The van der Waals surface area contributed by atoms with Crippen LogP contribution in [-0.2, 0) is 0 Å². The van der Waals surface area contributed by atoms with Gasteiger partial charge in [-0.25, -0.2) is 0 Å². The summed E-state index contributed by atoms with van der Waals surface area (Å²) in [5, 5.41) is 9.65. The lowest BCUT2D eigenvalue weighted by atomic mass is 9.94. The second kappa shape index (κ2) is 6.84. The van der Waals surface area contributed by atoms with Crippen LogP contribution < -0.4 is 5.73 Å². The predicted octanol–water partition coefficient (Wildman–Crippen LogP) is 2.68. The highest BCUT2D eigenvalue weighted by Crippen LogP contribution is 2.29. The Balaban J connectivity index is 2.21. The number of halogens is 1. The number of aliphatic hydroxyl groups is 1. The fourth-order valence-corrected chi connectivity index (χ4v) is 3.22. The molecule has 4 heteroatoms. The summed E-state index contributed by atoms with van der Waals surface area (Å²) in [5.41, 5.74) is 7.61. The summed E-state index contributed by atoms with van der Waals surface area (Å²) >= 11 is 3.54. The lowest BCUT2D eigenvalue weighted by Crippen LogP contribution is -2.45. The molecule has 0 bridgehead atoms. The van der Waals surface area contributed by atoms with E-state index in [1.165, 1.54) is 5.56 Å². The van der Waals surface area contributed by atoms with Crippen molar-refractivity contribution in [2.75, 3.05) is 13.1 Å². The maximum absolute atomic E-state index is 9.65. The van der Waals surface area contributed by atoms with Gasteiger partial charge in [0.2, 0.25) is 0 Å². The number of likely N-dealkylation sites (tertiary alicyclic amines) is 1. The van der Waals surface area contributed by atoms with Gasteiger partial charge in [-0.3, -0.25) is 4.90 Å².